The molecule has 2 amide bonds. The number of carbonyl (C=O) groups is 1. The fraction of sp³-hybridized carbons (Fsp3) is 0.562. The largest absolute Gasteiger partial charge is 0.338 e. The lowest BCUT2D eigenvalue weighted by Crippen LogP contribution is -2.44. The van der Waals surface area contributed by atoms with Gasteiger partial charge in [-0.1, -0.05) is 35.2 Å². The van der Waals surface area contributed by atoms with Crippen LogP contribution in [0.5, 0.6) is 0 Å². The number of urea groups is 1. The Morgan fingerprint density at radius 2 is 2.10 bits per heavy atom. The molecule has 0 aromatic heterocycles. The predicted octanol–water partition coefficient (Wildman–Crippen LogP) is 4.10. The number of halogens is 2. The van der Waals surface area contributed by atoms with Gasteiger partial charge < -0.3 is 10.2 Å². The van der Waals surface area contributed by atoms with Gasteiger partial charge in [-0.25, -0.2) is 9.18 Å². The van der Waals surface area contributed by atoms with Crippen molar-refractivity contribution in [3.8, 4) is 0 Å². The molecule has 21 heavy (non-hydrogen) atoms. The summed E-state index contributed by atoms with van der Waals surface area (Å²) < 4.78 is 14.5. The maximum absolute atomic E-state index is 13.6. The molecule has 0 atom stereocenters. The minimum atomic E-state index is -0.229. The van der Waals surface area contributed by atoms with Gasteiger partial charge >= 0.3 is 6.03 Å². The summed E-state index contributed by atoms with van der Waals surface area (Å²) in [5.41, 5.74) is 0.616. The number of amides is 2. The molecule has 0 heterocycles. The highest BCUT2D eigenvalue weighted by atomic mass is 79.9. The summed E-state index contributed by atoms with van der Waals surface area (Å²) in [6.45, 7) is 0.448. The van der Waals surface area contributed by atoms with Crippen molar-refractivity contribution in [1.82, 2.24) is 10.2 Å². The number of hydrogen-bond acceptors (Lipinski definition) is 1. The normalized spacial score (nSPS) is 15.8. The Hall–Kier alpha value is -1.10. The molecule has 0 spiro atoms. The molecule has 0 unspecified atom stereocenters. The molecule has 5 heteroatoms. The van der Waals surface area contributed by atoms with E-state index >= 15 is 0 Å². The van der Waals surface area contributed by atoms with E-state index in [1.807, 2.05) is 7.05 Å². The van der Waals surface area contributed by atoms with Crippen LogP contribution in [0.4, 0.5) is 9.18 Å². The third kappa shape index (κ3) is 4.70. The van der Waals surface area contributed by atoms with Crippen LogP contribution in [0, 0.1) is 5.82 Å². The van der Waals surface area contributed by atoms with Crippen molar-refractivity contribution in [2.24, 2.45) is 0 Å². The summed E-state index contributed by atoms with van der Waals surface area (Å²) >= 11 is 3.33. The van der Waals surface area contributed by atoms with E-state index in [4.69, 9.17) is 0 Å². The van der Waals surface area contributed by atoms with Crippen LogP contribution in [0.25, 0.3) is 0 Å². The molecule has 0 saturated heterocycles. The second-order valence-corrected chi connectivity index (χ2v) is 6.54. The number of nitrogens with one attached hydrogen (secondary N) is 1. The molecule has 0 radical (unpaired) electrons. The van der Waals surface area contributed by atoms with E-state index in [-0.39, 0.29) is 11.8 Å². The Balaban J connectivity index is 1.79. The molecule has 1 saturated carbocycles. The van der Waals surface area contributed by atoms with E-state index in [9.17, 15) is 9.18 Å². The van der Waals surface area contributed by atoms with Crippen LogP contribution in [-0.2, 0) is 6.42 Å². The fourth-order valence-electron chi connectivity index (χ4n) is 2.80. The average molecular weight is 357 g/mol. The van der Waals surface area contributed by atoms with Crippen molar-refractivity contribution >= 4 is 22.0 Å². The SMILES string of the molecule is CN(C(=O)NCCc1cc(Br)ccc1F)C1CCCCC1. The van der Waals surface area contributed by atoms with E-state index in [1.165, 1.54) is 25.3 Å². The molecule has 1 aliphatic carbocycles. The smallest absolute Gasteiger partial charge is 0.317 e. The molecule has 1 aliphatic rings. The minimum absolute atomic E-state index is 0.0581. The maximum atomic E-state index is 13.6. The molecule has 1 N–H and O–H groups in total. The van der Waals surface area contributed by atoms with Gasteiger partial charge in [0.15, 0.2) is 0 Å². The van der Waals surface area contributed by atoms with Crippen molar-refractivity contribution in [3.63, 3.8) is 0 Å². The lowest BCUT2D eigenvalue weighted by atomic mass is 9.95. The van der Waals surface area contributed by atoms with Crippen LogP contribution in [0.1, 0.15) is 37.7 Å². The van der Waals surface area contributed by atoms with Crippen molar-refractivity contribution in [2.75, 3.05) is 13.6 Å². The molecule has 1 aromatic rings. The van der Waals surface area contributed by atoms with Crippen molar-refractivity contribution in [3.05, 3.63) is 34.1 Å². The Labute approximate surface area is 134 Å². The zero-order valence-corrected chi connectivity index (χ0v) is 14.0. The van der Waals surface area contributed by atoms with Gasteiger partial charge in [-0.05, 0) is 43.0 Å². The topological polar surface area (TPSA) is 32.3 Å². The van der Waals surface area contributed by atoms with Gasteiger partial charge in [0, 0.05) is 24.1 Å². The molecule has 0 aliphatic heterocycles. The molecule has 2 rings (SSSR count). The van der Waals surface area contributed by atoms with Crippen molar-refractivity contribution < 1.29 is 9.18 Å². The van der Waals surface area contributed by atoms with E-state index in [0.29, 0.717) is 24.6 Å². The van der Waals surface area contributed by atoms with Crippen molar-refractivity contribution in [2.45, 2.75) is 44.6 Å². The highest BCUT2D eigenvalue weighted by Gasteiger charge is 2.21. The van der Waals surface area contributed by atoms with Gasteiger partial charge in [0.2, 0.25) is 0 Å². The van der Waals surface area contributed by atoms with Crippen LogP contribution < -0.4 is 5.32 Å². The maximum Gasteiger partial charge on any atom is 0.317 e. The van der Waals surface area contributed by atoms with Gasteiger partial charge in [0.25, 0.3) is 0 Å². The Morgan fingerprint density at radius 1 is 1.38 bits per heavy atom. The first-order valence-electron chi connectivity index (χ1n) is 7.52. The zero-order chi connectivity index (χ0) is 15.2. The summed E-state index contributed by atoms with van der Waals surface area (Å²) in [4.78, 5) is 13.9. The average Bonchev–Trinajstić information content (AvgIpc) is 2.50. The van der Waals surface area contributed by atoms with Crippen LogP contribution in [0.3, 0.4) is 0 Å². The standard InChI is InChI=1S/C16H22BrFN2O/c1-20(14-5-3-2-4-6-14)16(21)19-10-9-12-11-13(17)7-8-15(12)18/h7-8,11,14H,2-6,9-10H2,1H3,(H,19,21). The van der Waals surface area contributed by atoms with Crippen LogP contribution in [0.2, 0.25) is 0 Å². The van der Waals surface area contributed by atoms with E-state index in [2.05, 4.69) is 21.2 Å². The molecule has 116 valence electrons. The Bertz CT molecular complexity index is 489. The summed E-state index contributed by atoms with van der Waals surface area (Å²) in [6.07, 6.45) is 6.34. The number of benzene rings is 1. The molecular weight excluding hydrogens is 335 g/mol. The highest BCUT2D eigenvalue weighted by Crippen LogP contribution is 2.21. The number of nitrogens with zero attached hydrogens (tertiary/aromatic N) is 1. The van der Waals surface area contributed by atoms with Gasteiger partial charge in [-0.2, -0.15) is 0 Å². The van der Waals surface area contributed by atoms with Crippen LogP contribution >= 0.6 is 15.9 Å². The zero-order valence-electron chi connectivity index (χ0n) is 12.4. The molecule has 1 aromatic carbocycles. The van der Waals surface area contributed by atoms with Gasteiger partial charge in [0.1, 0.15) is 5.82 Å². The Kier molecular flexibility index (Phi) is 6.03. The first-order valence-corrected chi connectivity index (χ1v) is 8.32. The third-order valence-corrected chi connectivity index (χ3v) is 4.61. The summed E-state index contributed by atoms with van der Waals surface area (Å²) in [6, 6.07) is 5.16. The second-order valence-electron chi connectivity index (χ2n) is 5.62. The summed E-state index contributed by atoms with van der Waals surface area (Å²) in [5.74, 6) is -0.229. The Morgan fingerprint density at radius 3 is 2.81 bits per heavy atom. The fourth-order valence-corrected chi connectivity index (χ4v) is 3.21. The van der Waals surface area contributed by atoms with E-state index in [1.54, 1.807) is 17.0 Å². The summed E-state index contributed by atoms with van der Waals surface area (Å²) in [5, 5.41) is 2.88. The predicted molar refractivity (Wildman–Crippen MR) is 85.8 cm³/mol. The lowest BCUT2D eigenvalue weighted by molar-refractivity contribution is 0.174. The van der Waals surface area contributed by atoms with Gasteiger partial charge in [-0.15, -0.1) is 0 Å². The van der Waals surface area contributed by atoms with Gasteiger partial charge in [0.05, 0.1) is 0 Å². The first kappa shape index (κ1) is 16.3. The number of carbonyl (C=O) groups excluding carboxylic acids is 1. The van der Waals surface area contributed by atoms with E-state index in [0.717, 1.165) is 17.3 Å². The minimum Gasteiger partial charge on any atom is -0.338 e. The summed E-state index contributed by atoms with van der Waals surface area (Å²) in [7, 11) is 1.85. The second kappa shape index (κ2) is 7.78. The first-order chi connectivity index (χ1) is 10.1. The highest BCUT2D eigenvalue weighted by molar-refractivity contribution is 9.10. The molecule has 0 bridgehead atoms. The van der Waals surface area contributed by atoms with Crippen molar-refractivity contribution in [1.29, 1.82) is 0 Å². The van der Waals surface area contributed by atoms with Crippen LogP contribution in [0.15, 0.2) is 22.7 Å². The quantitative estimate of drug-likeness (QED) is 0.864. The third-order valence-electron chi connectivity index (χ3n) is 4.12. The molecule has 1 fully saturated rings. The molecule has 3 nitrogen and oxygen atoms in total. The van der Waals surface area contributed by atoms with E-state index < -0.39 is 0 Å². The van der Waals surface area contributed by atoms with Gasteiger partial charge in [-0.3, -0.25) is 0 Å². The van der Waals surface area contributed by atoms with Crippen LogP contribution in [-0.4, -0.2) is 30.6 Å². The monoisotopic (exact) mass is 356 g/mol. The number of hydrogen-bond donors (Lipinski definition) is 1. The number of rotatable bonds is 4. The molecular formula is C16H22BrFN2O. The lowest BCUT2D eigenvalue weighted by Gasteiger charge is -2.31.